The first-order chi connectivity index (χ1) is 10.1. The number of amides is 1. The number of hydrogen-bond acceptors (Lipinski definition) is 5. The van der Waals surface area contributed by atoms with Gasteiger partial charge in [-0.3, -0.25) is 9.59 Å². The molecule has 1 amide bonds. The van der Waals surface area contributed by atoms with Crippen LogP contribution in [0.1, 0.15) is 18.4 Å². The zero-order chi connectivity index (χ0) is 14.9. The highest BCUT2D eigenvalue weighted by molar-refractivity contribution is 7.04. The molecule has 2 aliphatic heterocycles. The Morgan fingerprint density at radius 2 is 1.76 bits per heavy atom. The molecule has 0 aromatic heterocycles. The Morgan fingerprint density at radius 3 is 2.38 bits per heavy atom. The Bertz CT molecular complexity index is 568. The van der Waals surface area contributed by atoms with Gasteiger partial charge >= 0.3 is 18.5 Å². The Labute approximate surface area is 121 Å². The summed E-state index contributed by atoms with van der Waals surface area (Å²) in [4.78, 5) is 35.0. The molecular weight excluding hydrogens is 273 g/mol. The number of fused-ring (bicyclic) bond motifs is 1. The lowest BCUT2D eigenvalue weighted by molar-refractivity contribution is -0.138. The molecule has 2 heterocycles. The third kappa shape index (κ3) is 2.46. The molecule has 0 unspecified atom stereocenters. The molecule has 2 saturated heterocycles. The Morgan fingerprint density at radius 1 is 1.14 bits per heavy atom. The highest BCUT2D eigenvalue weighted by Gasteiger charge is 2.69. The molecule has 0 bridgehead atoms. The number of rotatable bonds is 4. The quantitative estimate of drug-likeness (QED) is 0.659. The summed E-state index contributed by atoms with van der Waals surface area (Å²) in [5.74, 6) is -1.12. The summed E-state index contributed by atoms with van der Waals surface area (Å²) in [6.07, 6.45) is 0.617. The number of hydrogen-bond donors (Lipinski definition) is 1. The highest BCUT2D eigenvalue weighted by atomic mass is 16.7. The zero-order valence-electron chi connectivity index (χ0n) is 11.3. The van der Waals surface area contributed by atoms with Crippen molar-refractivity contribution in [2.24, 2.45) is 0 Å². The molecule has 0 aliphatic carbocycles. The molecule has 7 heteroatoms. The molecule has 0 radical (unpaired) electrons. The second-order valence-electron chi connectivity index (χ2n) is 5.23. The van der Waals surface area contributed by atoms with Gasteiger partial charge in [-0.2, -0.15) is 0 Å². The van der Waals surface area contributed by atoms with Crippen LogP contribution in [0, 0.1) is 5.82 Å². The topological polar surface area (TPSA) is 81.7 Å². The first-order valence-electron chi connectivity index (χ1n) is 6.85. The van der Waals surface area contributed by atoms with Crippen LogP contribution in [0.5, 0.6) is 0 Å². The molecule has 0 saturated carbocycles. The van der Waals surface area contributed by atoms with Crippen LogP contribution >= 0.6 is 0 Å². The smallest absolute Gasteiger partial charge is 0.607 e. The van der Waals surface area contributed by atoms with Gasteiger partial charge < -0.3 is 19.4 Å². The fraction of sp³-hybridized carbons (Fsp3) is 0.286. The van der Waals surface area contributed by atoms with Gasteiger partial charge in [0.05, 0.1) is 0 Å². The van der Waals surface area contributed by atoms with E-state index in [9.17, 15) is 14.4 Å². The number of nitrogens with one attached hydrogen (secondary N) is 1. The van der Waals surface area contributed by atoms with Crippen molar-refractivity contribution in [3.05, 3.63) is 41.7 Å². The SMILES string of the molecule is O=C1C[C+]2CC(=O)O[B-]2(C(=O)NCCc2ccccc2)O1. The van der Waals surface area contributed by atoms with E-state index in [2.05, 4.69) is 5.32 Å². The summed E-state index contributed by atoms with van der Waals surface area (Å²) in [5, 5.41) is 2.69. The maximum Gasteiger partial charge on any atom is 0.642 e. The van der Waals surface area contributed by atoms with Crippen LogP contribution in [0.3, 0.4) is 0 Å². The lowest BCUT2D eigenvalue weighted by atomic mass is 9.48. The first-order valence-corrected chi connectivity index (χ1v) is 6.85. The molecule has 6 nitrogen and oxygen atoms in total. The Kier molecular flexibility index (Phi) is 3.33. The van der Waals surface area contributed by atoms with Crippen molar-refractivity contribution in [2.45, 2.75) is 19.3 Å². The maximum absolute atomic E-state index is 12.3. The standard InChI is InChI=1S/C14H14BNO5/c17-12-8-11-9-13(18)21-15(11,20-12)14(19)16-7-6-10-4-2-1-3-5-10/h1-5H,6-9H2,(H,16,19). The molecule has 1 aromatic rings. The zero-order valence-corrected chi connectivity index (χ0v) is 11.3. The minimum absolute atomic E-state index is 0.0160. The third-order valence-corrected chi connectivity index (χ3v) is 3.78. The van der Waals surface area contributed by atoms with Crippen molar-refractivity contribution in [3.63, 3.8) is 0 Å². The molecule has 1 N–H and O–H groups in total. The van der Waals surface area contributed by atoms with Crippen LogP contribution in [0.15, 0.2) is 30.3 Å². The van der Waals surface area contributed by atoms with Crippen LogP contribution in [0.4, 0.5) is 4.79 Å². The van der Waals surface area contributed by atoms with Gasteiger partial charge in [-0.15, -0.1) is 0 Å². The fourth-order valence-electron chi connectivity index (χ4n) is 2.75. The maximum atomic E-state index is 12.3. The molecule has 1 aromatic carbocycles. The van der Waals surface area contributed by atoms with Gasteiger partial charge in [0.1, 0.15) is 12.8 Å². The predicted octanol–water partition coefficient (Wildman–Crippen LogP) is 0.970. The number of carbonyl (C=O) groups excluding carboxylic acids is 3. The van der Waals surface area contributed by atoms with Gasteiger partial charge in [0, 0.05) is 12.4 Å². The molecule has 2 fully saturated rings. The van der Waals surface area contributed by atoms with E-state index in [1.165, 1.54) is 0 Å². The predicted molar refractivity (Wildman–Crippen MR) is 74.0 cm³/mol. The van der Waals surface area contributed by atoms with E-state index in [0.717, 1.165) is 5.56 Å². The molecule has 108 valence electrons. The highest BCUT2D eigenvalue weighted by Crippen LogP contribution is 2.40. The monoisotopic (exact) mass is 287 g/mol. The van der Waals surface area contributed by atoms with Crippen LogP contribution in [-0.2, 0) is 25.3 Å². The van der Waals surface area contributed by atoms with Gasteiger partial charge in [-0.25, -0.2) is 0 Å². The average Bonchev–Trinajstić information content (AvgIpc) is 2.91. The second kappa shape index (κ2) is 5.16. The lowest BCUT2D eigenvalue weighted by Crippen LogP contribution is -2.54. The van der Waals surface area contributed by atoms with E-state index in [0.29, 0.717) is 18.8 Å². The number of carbonyl (C=O) groups is 3. The van der Waals surface area contributed by atoms with E-state index in [4.69, 9.17) is 9.31 Å². The van der Waals surface area contributed by atoms with Crippen molar-refractivity contribution < 1.29 is 23.7 Å². The van der Waals surface area contributed by atoms with Crippen molar-refractivity contribution in [1.82, 2.24) is 5.32 Å². The summed E-state index contributed by atoms with van der Waals surface area (Å²) < 4.78 is 10.1. The van der Waals surface area contributed by atoms with E-state index in [1.54, 1.807) is 0 Å². The Balaban J connectivity index is 1.62. The van der Waals surface area contributed by atoms with E-state index >= 15 is 0 Å². The number of benzene rings is 1. The lowest BCUT2D eigenvalue weighted by Gasteiger charge is -2.23. The van der Waals surface area contributed by atoms with Gasteiger partial charge in [0.2, 0.25) is 5.81 Å². The molecule has 3 rings (SSSR count). The van der Waals surface area contributed by atoms with Crippen molar-refractivity contribution >= 4 is 24.3 Å². The molecule has 0 atom stereocenters. The molecular formula is C14H14BNO5. The fourth-order valence-corrected chi connectivity index (χ4v) is 2.75. The summed E-state index contributed by atoms with van der Waals surface area (Å²) in [7, 11) is 0. The minimum Gasteiger partial charge on any atom is -0.607 e. The van der Waals surface area contributed by atoms with Crippen LogP contribution in [0.2, 0.25) is 0 Å². The minimum atomic E-state index is -2.58. The summed E-state index contributed by atoms with van der Waals surface area (Å²) in [6.45, 7) is -2.20. The van der Waals surface area contributed by atoms with Crippen LogP contribution < -0.4 is 5.32 Å². The van der Waals surface area contributed by atoms with E-state index in [-0.39, 0.29) is 12.8 Å². The van der Waals surface area contributed by atoms with Gasteiger partial charge in [-0.05, 0) is 12.0 Å². The summed E-state index contributed by atoms with van der Waals surface area (Å²) in [5.41, 5.74) is 1.08. The van der Waals surface area contributed by atoms with E-state index in [1.807, 2.05) is 30.3 Å². The Hall–Kier alpha value is -2.44. The summed E-state index contributed by atoms with van der Waals surface area (Å²) >= 11 is 0. The van der Waals surface area contributed by atoms with Crippen molar-refractivity contribution in [1.29, 1.82) is 0 Å². The first kappa shape index (κ1) is 13.5. The van der Waals surface area contributed by atoms with Crippen LogP contribution in [0.25, 0.3) is 0 Å². The molecule has 2 aliphatic rings. The third-order valence-electron chi connectivity index (χ3n) is 3.78. The largest absolute Gasteiger partial charge is 0.642 e. The van der Waals surface area contributed by atoms with Crippen molar-refractivity contribution in [2.75, 3.05) is 6.54 Å². The van der Waals surface area contributed by atoms with Gasteiger partial charge in [0.15, 0.2) is 0 Å². The normalized spacial score (nSPS) is 19.0. The van der Waals surface area contributed by atoms with Gasteiger partial charge in [0.25, 0.3) is 0 Å². The summed E-state index contributed by atoms with van der Waals surface area (Å²) in [6, 6.07) is 9.67. The van der Waals surface area contributed by atoms with Gasteiger partial charge in [-0.1, -0.05) is 30.3 Å². The van der Waals surface area contributed by atoms with Crippen LogP contribution in [-0.4, -0.2) is 30.8 Å². The van der Waals surface area contributed by atoms with Crippen molar-refractivity contribution in [3.8, 4) is 0 Å². The second-order valence-corrected chi connectivity index (χ2v) is 5.23. The van der Waals surface area contributed by atoms with E-state index < -0.39 is 24.3 Å². The average molecular weight is 287 g/mol. The molecule has 0 spiro atoms. The molecule has 21 heavy (non-hydrogen) atoms.